The SMILES string of the molecule is Cc1ccc(OC2CCNC2)nn1.Cl. The van der Waals surface area contributed by atoms with E-state index in [9.17, 15) is 0 Å². The highest BCUT2D eigenvalue weighted by Gasteiger charge is 2.16. The number of aromatic nitrogens is 2. The van der Waals surface area contributed by atoms with E-state index < -0.39 is 0 Å². The average Bonchev–Trinajstić information content (AvgIpc) is 2.62. The largest absolute Gasteiger partial charge is 0.472 e. The molecule has 1 aliphatic heterocycles. The maximum atomic E-state index is 5.59. The number of hydrogen-bond acceptors (Lipinski definition) is 4. The Balaban J connectivity index is 0.000000980. The lowest BCUT2D eigenvalue weighted by molar-refractivity contribution is 0.211. The van der Waals surface area contributed by atoms with Crippen LogP contribution in [0.15, 0.2) is 12.1 Å². The fourth-order valence-corrected chi connectivity index (χ4v) is 1.35. The normalized spacial score (nSPS) is 20.2. The molecular formula is C9H14ClN3O. The van der Waals surface area contributed by atoms with Crippen LogP contribution in [0.2, 0.25) is 0 Å². The highest BCUT2D eigenvalue weighted by atomic mass is 35.5. The molecule has 0 aromatic carbocycles. The number of ether oxygens (including phenoxy) is 1. The summed E-state index contributed by atoms with van der Waals surface area (Å²) < 4.78 is 5.59. The van der Waals surface area contributed by atoms with Crippen molar-refractivity contribution in [3.8, 4) is 5.88 Å². The first-order valence-corrected chi connectivity index (χ1v) is 4.52. The second-order valence-electron chi connectivity index (χ2n) is 3.25. The summed E-state index contributed by atoms with van der Waals surface area (Å²) in [5, 5.41) is 11.1. The van der Waals surface area contributed by atoms with Gasteiger partial charge in [0.1, 0.15) is 6.10 Å². The minimum Gasteiger partial charge on any atom is -0.472 e. The van der Waals surface area contributed by atoms with Crippen molar-refractivity contribution in [2.24, 2.45) is 0 Å². The summed E-state index contributed by atoms with van der Waals surface area (Å²) >= 11 is 0. The molecule has 0 bridgehead atoms. The molecule has 4 nitrogen and oxygen atoms in total. The third-order valence-corrected chi connectivity index (χ3v) is 2.08. The van der Waals surface area contributed by atoms with Crippen molar-refractivity contribution in [3.05, 3.63) is 17.8 Å². The fourth-order valence-electron chi connectivity index (χ4n) is 1.35. The minimum absolute atomic E-state index is 0. The molecule has 5 heteroatoms. The molecule has 2 heterocycles. The molecule has 1 atom stereocenters. The van der Waals surface area contributed by atoms with Crippen LogP contribution in [0.25, 0.3) is 0 Å². The summed E-state index contributed by atoms with van der Waals surface area (Å²) in [4.78, 5) is 0. The predicted octanol–water partition coefficient (Wildman–Crippen LogP) is 0.948. The summed E-state index contributed by atoms with van der Waals surface area (Å²) in [6, 6.07) is 3.77. The molecule has 0 aliphatic carbocycles. The molecule has 1 aliphatic rings. The highest BCUT2D eigenvalue weighted by Crippen LogP contribution is 2.10. The van der Waals surface area contributed by atoms with Gasteiger partial charge in [0.2, 0.25) is 5.88 Å². The quantitative estimate of drug-likeness (QED) is 0.798. The first-order chi connectivity index (χ1) is 6.34. The molecule has 0 spiro atoms. The Labute approximate surface area is 89.5 Å². The molecule has 1 saturated heterocycles. The number of hydrogen-bond donors (Lipinski definition) is 1. The monoisotopic (exact) mass is 215 g/mol. The molecule has 78 valence electrons. The van der Waals surface area contributed by atoms with Gasteiger partial charge in [-0.3, -0.25) is 0 Å². The Morgan fingerprint density at radius 2 is 2.29 bits per heavy atom. The lowest BCUT2D eigenvalue weighted by atomic mass is 10.3. The van der Waals surface area contributed by atoms with Gasteiger partial charge in [-0.05, 0) is 26.0 Å². The van der Waals surface area contributed by atoms with E-state index in [4.69, 9.17) is 4.74 Å². The van der Waals surface area contributed by atoms with Gasteiger partial charge in [0.15, 0.2) is 0 Å². The van der Waals surface area contributed by atoms with Crippen molar-refractivity contribution in [3.63, 3.8) is 0 Å². The molecule has 1 aromatic heterocycles. The standard InChI is InChI=1S/C9H13N3O.ClH/c1-7-2-3-9(12-11-7)13-8-4-5-10-6-8;/h2-3,8,10H,4-6H2,1H3;1H. The zero-order valence-electron chi connectivity index (χ0n) is 8.06. The first-order valence-electron chi connectivity index (χ1n) is 4.52. The van der Waals surface area contributed by atoms with Gasteiger partial charge in [-0.15, -0.1) is 17.5 Å². The minimum atomic E-state index is 0. The lowest BCUT2D eigenvalue weighted by Crippen LogP contribution is -2.20. The van der Waals surface area contributed by atoms with Crippen molar-refractivity contribution in [2.45, 2.75) is 19.4 Å². The van der Waals surface area contributed by atoms with E-state index in [0.717, 1.165) is 25.2 Å². The summed E-state index contributed by atoms with van der Waals surface area (Å²) in [7, 11) is 0. The fraction of sp³-hybridized carbons (Fsp3) is 0.556. The number of nitrogens with zero attached hydrogens (tertiary/aromatic N) is 2. The van der Waals surface area contributed by atoms with Crippen molar-refractivity contribution in [2.75, 3.05) is 13.1 Å². The maximum Gasteiger partial charge on any atom is 0.233 e. The number of aryl methyl sites for hydroxylation is 1. The second-order valence-corrected chi connectivity index (χ2v) is 3.25. The Hall–Kier alpha value is -0.870. The highest BCUT2D eigenvalue weighted by molar-refractivity contribution is 5.85. The van der Waals surface area contributed by atoms with Crippen molar-refractivity contribution >= 4 is 12.4 Å². The smallest absolute Gasteiger partial charge is 0.233 e. The van der Waals surface area contributed by atoms with Crippen LogP contribution in [0.5, 0.6) is 5.88 Å². The molecule has 2 rings (SSSR count). The third kappa shape index (κ3) is 2.82. The van der Waals surface area contributed by atoms with Crippen LogP contribution >= 0.6 is 12.4 Å². The number of nitrogens with one attached hydrogen (secondary N) is 1. The van der Waals surface area contributed by atoms with E-state index >= 15 is 0 Å². The Morgan fingerprint density at radius 1 is 1.43 bits per heavy atom. The summed E-state index contributed by atoms with van der Waals surface area (Å²) in [5.41, 5.74) is 0.914. The molecule has 1 unspecified atom stereocenters. The zero-order valence-corrected chi connectivity index (χ0v) is 8.88. The Kier molecular flexibility index (Phi) is 4.10. The number of halogens is 1. The van der Waals surface area contributed by atoms with Crippen molar-refractivity contribution in [1.82, 2.24) is 15.5 Å². The molecule has 0 radical (unpaired) electrons. The first kappa shape index (κ1) is 11.2. The van der Waals surface area contributed by atoms with Crippen molar-refractivity contribution < 1.29 is 4.74 Å². The molecule has 1 aromatic rings. The molecule has 14 heavy (non-hydrogen) atoms. The van der Waals surface area contributed by atoms with Gasteiger partial charge in [0.25, 0.3) is 0 Å². The van der Waals surface area contributed by atoms with Crippen LogP contribution in [0.1, 0.15) is 12.1 Å². The number of rotatable bonds is 2. The molecular weight excluding hydrogens is 202 g/mol. The van der Waals surface area contributed by atoms with Gasteiger partial charge in [-0.25, -0.2) is 0 Å². The van der Waals surface area contributed by atoms with E-state index in [1.165, 1.54) is 0 Å². The van der Waals surface area contributed by atoms with Gasteiger partial charge >= 0.3 is 0 Å². The van der Waals surface area contributed by atoms with Crippen LogP contribution in [0, 0.1) is 6.92 Å². The van der Waals surface area contributed by atoms with E-state index in [-0.39, 0.29) is 18.5 Å². The summed E-state index contributed by atoms with van der Waals surface area (Å²) in [6.45, 7) is 3.85. The maximum absolute atomic E-state index is 5.59. The van der Waals surface area contributed by atoms with Crippen LogP contribution in [-0.4, -0.2) is 29.4 Å². The van der Waals surface area contributed by atoms with Crippen LogP contribution < -0.4 is 10.1 Å². The van der Waals surface area contributed by atoms with Crippen LogP contribution in [0.4, 0.5) is 0 Å². The van der Waals surface area contributed by atoms with Gasteiger partial charge in [-0.2, -0.15) is 5.10 Å². The molecule has 0 amide bonds. The predicted molar refractivity (Wildman–Crippen MR) is 55.9 cm³/mol. The third-order valence-electron chi connectivity index (χ3n) is 2.08. The lowest BCUT2D eigenvalue weighted by Gasteiger charge is -2.10. The van der Waals surface area contributed by atoms with Crippen LogP contribution in [-0.2, 0) is 0 Å². The zero-order chi connectivity index (χ0) is 9.10. The summed E-state index contributed by atoms with van der Waals surface area (Å²) in [6.07, 6.45) is 1.31. The van der Waals surface area contributed by atoms with E-state index in [1.54, 1.807) is 0 Å². The van der Waals surface area contributed by atoms with Gasteiger partial charge in [-0.1, -0.05) is 0 Å². The average molecular weight is 216 g/mol. The second kappa shape index (κ2) is 5.12. The van der Waals surface area contributed by atoms with Gasteiger partial charge in [0, 0.05) is 12.6 Å². The topological polar surface area (TPSA) is 47.0 Å². The Bertz CT molecular complexity index is 272. The molecule has 1 fully saturated rings. The molecule has 0 saturated carbocycles. The van der Waals surface area contributed by atoms with Crippen LogP contribution in [0.3, 0.4) is 0 Å². The van der Waals surface area contributed by atoms with E-state index in [0.29, 0.717) is 5.88 Å². The molecule has 1 N–H and O–H groups in total. The van der Waals surface area contributed by atoms with Gasteiger partial charge < -0.3 is 10.1 Å². The van der Waals surface area contributed by atoms with Gasteiger partial charge in [0.05, 0.1) is 5.69 Å². The Morgan fingerprint density at radius 3 is 2.86 bits per heavy atom. The van der Waals surface area contributed by atoms with E-state index in [1.807, 2.05) is 19.1 Å². The summed E-state index contributed by atoms with van der Waals surface area (Å²) in [5.74, 6) is 0.624. The van der Waals surface area contributed by atoms with Crippen molar-refractivity contribution in [1.29, 1.82) is 0 Å². The van der Waals surface area contributed by atoms with E-state index in [2.05, 4.69) is 15.5 Å².